The molecule has 0 aliphatic carbocycles. The molecule has 0 saturated carbocycles. The van der Waals surface area contributed by atoms with Gasteiger partial charge in [0.25, 0.3) is 0 Å². The van der Waals surface area contributed by atoms with E-state index >= 15 is 0 Å². The van der Waals surface area contributed by atoms with Crippen LogP contribution in [0.1, 0.15) is 59.3 Å². The standard InChI is InChI=1S/C13H26O/c1-4-6-12(5-2)8-7-11(3)13-9-10-14-13/h11-13H,4-10H2,1-3H3. The molecule has 0 N–H and O–H groups in total. The number of hydrogen-bond acceptors (Lipinski definition) is 1. The van der Waals surface area contributed by atoms with Crippen LogP contribution in [0.4, 0.5) is 0 Å². The molecule has 1 aliphatic heterocycles. The van der Waals surface area contributed by atoms with Gasteiger partial charge in [0, 0.05) is 6.61 Å². The molecule has 1 rings (SSSR count). The van der Waals surface area contributed by atoms with E-state index in [0.717, 1.165) is 18.4 Å². The zero-order valence-corrected chi connectivity index (χ0v) is 10.1. The Labute approximate surface area is 89.2 Å². The molecule has 1 heterocycles. The molecule has 0 aromatic carbocycles. The Balaban J connectivity index is 2.10. The Morgan fingerprint density at radius 2 is 1.93 bits per heavy atom. The van der Waals surface area contributed by atoms with Gasteiger partial charge in [-0.2, -0.15) is 0 Å². The normalized spacial score (nSPS) is 25.5. The Bertz CT molecular complexity index is 138. The van der Waals surface area contributed by atoms with Gasteiger partial charge in [0.2, 0.25) is 0 Å². The lowest BCUT2D eigenvalue weighted by Crippen LogP contribution is -2.33. The Kier molecular flexibility index (Phi) is 5.54. The number of rotatable bonds is 7. The second-order valence-electron chi connectivity index (χ2n) is 4.82. The zero-order valence-electron chi connectivity index (χ0n) is 10.1. The minimum absolute atomic E-state index is 0.592. The molecule has 3 unspecified atom stereocenters. The van der Waals surface area contributed by atoms with Crippen LogP contribution in [0.5, 0.6) is 0 Å². The van der Waals surface area contributed by atoms with E-state index in [4.69, 9.17) is 4.74 Å². The van der Waals surface area contributed by atoms with E-state index in [2.05, 4.69) is 20.8 Å². The van der Waals surface area contributed by atoms with Crippen LogP contribution in [-0.4, -0.2) is 12.7 Å². The largest absolute Gasteiger partial charge is 0.378 e. The van der Waals surface area contributed by atoms with Crippen LogP contribution in [0.25, 0.3) is 0 Å². The second kappa shape index (κ2) is 6.44. The van der Waals surface area contributed by atoms with E-state index in [9.17, 15) is 0 Å². The first-order valence-electron chi connectivity index (χ1n) is 6.39. The summed E-state index contributed by atoms with van der Waals surface area (Å²) in [5, 5.41) is 0. The first-order chi connectivity index (χ1) is 6.77. The minimum atomic E-state index is 0.592. The van der Waals surface area contributed by atoms with E-state index < -0.39 is 0 Å². The summed E-state index contributed by atoms with van der Waals surface area (Å²) in [7, 11) is 0. The third kappa shape index (κ3) is 3.61. The SMILES string of the molecule is CCCC(CC)CCC(C)C1CCO1. The van der Waals surface area contributed by atoms with Crippen LogP contribution < -0.4 is 0 Å². The Hall–Kier alpha value is -0.0400. The van der Waals surface area contributed by atoms with E-state index in [1.165, 1.54) is 38.5 Å². The lowest BCUT2D eigenvalue weighted by atomic mass is 9.87. The maximum Gasteiger partial charge on any atom is 0.0622 e. The maximum absolute atomic E-state index is 5.52. The molecule has 1 fully saturated rings. The van der Waals surface area contributed by atoms with Crippen molar-refractivity contribution in [1.82, 2.24) is 0 Å². The summed E-state index contributed by atoms with van der Waals surface area (Å²) in [5.41, 5.74) is 0. The van der Waals surface area contributed by atoms with E-state index in [1.54, 1.807) is 0 Å². The Morgan fingerprint density at radius 1 is 1.21 bits per heavy atom. The zero-order chi connectivity index (χ0) is 10.4. The fourth-order valence-electron chi connectivity index (χ4n) is 2.35. The van der Waals surface area contributed by atoms with Gasteiger partial charge in [0.05, 0.1) is 6.10 Å². The summed E-state index contributed by atoms with van der Waals surface area (Å²) in [6.45, 7) is 7.97. The molecule has 14 heavy (non-hydrogen) atoms. The quantitative estimate of drug-likeness (QED) is 0.600. The molecule has 0 spiro atoms. The fraction of sp³-hybridized carbons (Fsp3) is 1.00. The summed E-state index contributed by atoms with van der Waals surface area (Å²) >= 11 is 0. The lowest BCUT2D eigenvalue weighted by Gasteiger charge is -2.32. The summed E-state index contributed by atoms with van der Waals surface area (Å²) in [5.74, 6) is 1.75. The molecular weight excluding hydrogens is 172 g/mol. The van der Waals surface area contributed by atoms with Crippen LogP contribution in [0.15, 0.2) is 0 Å². The van der Waals surface area contributed by atoms with Gasteiger partial charge in [-0.25, -0.2) is 0 Å². The van der Waals surface area contributed by atoms with Crippen molar-refractivity contribution in [2.24, 2.45) is 11.8 Å². The van der Waals surface area contributed by atoms with Crippen molar-refractivity contribution in [3.8, 4) is 0 Å². The highest BCUT2D eigenvalue weighted by Gasteiger charge is 2.24. The van der Waals surface area contributed by atoms with E-state index in [-0.39, 0.29) is 0 Å². The highest BCUT2D eigenvalue weighted by molar-refractivity contribution is 4.74. The van der Waals surface area contributed by atoms with Gasteiger partial charge >= 0.3 is 0 Å². The molecule has 1 nitrogen and oxygen atoms in total. The van der Waals surface area contributed by atoms with Gasteiger partial charge in [-0.15, -0.1) is 0 Å². The number of hydrogen-bond donors (Lipinski definition) is 0. The van der Waals surface area contributed by atoms with Gasteiger partial charge in [0.15, 0.2) is 0 Å². The molecule has 1 heteroatoms. The molecule has 0 amide bonds. The first-order valence-corrected chi connectivity index (χ1v) is 6.39. The van der Waals surface area contributed by atoms with Gasteiger partial charge < -0.3 is 4.74 Å². The van der Waals surface area contributed by atoms with Gasteiger partial charge in [-0.1, -0.05) is 46.5 Å². The maximum atomic E-state index is 5.52. The molecule has 0 aromatic rings. The predicted molar refractivity (Wildman–Crippen MR) is 61.4 cm³/mol. The van der Waals surface area contributed by atoms with Crippen molar-refractivity contribution in [3.05, 3.63) is 0 Å². The average molecular weight is 198 g/mol. The third-order valence-electron chi connectivity index (χ3n) is 3.67. The topological polar surface area (TPSA) is 9.23 Å². The molecule has 1 aliphatic rings. The van der Waals surface area contributed by atoms with Crippen molar-refractivity contribution >= 4 is 0 Å². The third-order valence-corrected chi connectivity index (χ3v) is 3.67. The fourth-order valence-corrected chi connectivity index (χ4v) is 2.35. The smallest absolute Gasteiger partial charge is 0.0622 e. The van der Waals surface area contributed by atoms with Crippen LogP contribution in [0.2, 0.25) is 0 Å². The highest BCUT2D eigenvalue weighted by atomic mass is 16.5. The molecule has 0 bridgehead atoms. The summed E-state index contributed by atoms with van der Waals surface area (Å²) in [4.78, 5) is 0. The van der Waals surface area contributed by atoms with Gasteiger partial charge in [-0.3, -0.25) is 0 Å². The molecule has 0 radical (unpaired) electrons. The van der Waals surface area contributed by atoms with Crippen molar-refractivity contribution in [1.29, 1.82) is 0 Å². The van der Waals surface area contributed by atoms with Crippen molar-refractivity contribution in [2.75, 3.05) is 6.61 Å². The van der Waals surface area contributed by atoms with Gasteiger partial charge in [0.1, 0.15) is 0 Å². The highest BCUT2D eigenvalue weighted by Crippen LogP contribution is 2.27. The number of ether oxygens (including phenoxy) is 1. The average Bonchev–Trinajstić information content (AvgIpc) is 2.09. The van der Waals surface area contributed by atoms with Crippen molar-refractivity contribution in [3.63, 3.8) is 0 Å². The van der Waals surface area contributed by atoms with Crippen LogP contribution in [-0.2, 0) is 4.74 Å². The van der Waals surface area contributed by atoms with E-state index in [0.29, 0.717) is 6.10 Å². The van der Waals surface area contributed by atoms with Crippen LogP contribution in [0.3, 0.4) is 0 Å². The predicted octanol–water partition coefficient (Wildman–Crippen LogP) is 4.02. The Morgan fingerprint density at radius 3 is 2.36 bits per heavy atom. The second-order valence-corrected chi connectivity index (χ2v) is 4.82. The summed E-state index contributed by atoms with van der Waals surface area (Å²) in [6, 6.07) is 0. The van der Waals surface area contributed by atoms with Crippen molar-refractivity contribution in [2.45, 2.75) is 65.4 Å². The lowest BCUT2D eigenvalue weighted by molar-refractivity contribution is -0.0830. The van der Waals surface area contributed by atoms with Crippen LogP contribution >= 0.6 is 0 Å². The summed E-state index contributed by atoms with van der Waals surface area (Å²) < 4.78 is 5.52. The van der Waals surface area contributed by atoms with Crippen LogP contribution in [0, 0.1) is 11.8 Å². The van der Waals surface area contributed by atoms with Gasteiger partial charge in [-0.05, 0) is 24.7 Å². The molecule has 3 atom stereocenters. The van der Waals surface area contributed by atoms with Crippen molar-refractivity contribution < 1.29 is 4.74 Å². The molecule has 1 saturated heterocycles. The molecule has 0 aromatic heterocycles. The van der Waals surface area contributed by atoms with E-state index in [1.807, 2.05) is 0 Å². The first kappa shape index (κ1) is 12.0. The minimum Gasteiger partial charge on any atom is -0.378 e. The molecular formula is C13H26O. The summed E-state index contributed by atoms with van der Waals surface area (Å²) in [6.07, 6.45) is 8.77. The molecule has 84 valence electrons. The monoisotopic (exact) mass is 198 g/mol.